The van der Waals surface area contributed by atoms with Gasteiger partial charge in [-0.2, -0.15) is 0 Å². The number of esters is 1. The second kappa shape index (κ2) is 7.07. The zero-order valence-electron chi connectivity index (χ0n) is 11.9. The third-order valence-corrected chi connectivity index (χ3v) is 3.24. The Morgan fingerprint density at radius 2 is 1.89 bits per heavy atom. The fraction of sp³-hybridized carbons (Fsp3) is 0.500. The van der Waals surface area contributed by atoms with E-state index in [0.29, 0.717) is 13.0 Å². The van der Waals surface area contributed by atoms with Gasteiger partial charge in [0.15, 0.2) is 0 Å². The second-order valence-electron chi connectivity index (χ2n) is 5.18. The van der Waals surface area contributed by atoms with Crippen molar-refractivity contribution in [1.82, 2.24) is 0 Å². The molecule has 0 aromatic heterocycles. The molecule has 1 aromatic rings. The highest BCUT2D eigenvalue weighted by molar-refractivity contribution is 5.82. The van der Waals surface area contributed by atoms with E-state index in [4.69, 9.17) is 4.74 Å². The number of benzene rings is 1. The summed E-state index contributed by atoms with van der Waals surface area (Å²) in [6.45, 7) is 6.25. The Morgan fingerprint density at radius 1 is 1.26 bits per heavy atom. The first-order valence-corrected chi connectivity index (χ1v) is 6.72. The Bertz CT molecular complexity index is 418. The Labute approximate surface area is 115 Å². The zero-order valence-corrected chi connectivity index (χ0v) is 11.9. The fourth-order valence-corrected chi connectivity index (χ4v) is 1.76. The van der Waals surface area contributed by atoms with Crippen molar-refractivity contribution in [2.45, 2.75) is 45.4 Å². The molecule has 0 spiro atoms. The molecule has 0 atom stereocenters. The highest BCUT2D eigenvalue weighted by Gasteiger charge is 2.31. The van der Waals surface area contributed by atoms with Crippen LogP contribution in [0.4, 0.5) is 0 Å². The molecule has 0 radical (unpaired) electrons. The lowest BCUT2D eigenvalue weighted by Gasteiger charge is -2.23. The lowest BCUT2D eigenvalue weighted by Crippen LogP contribution is -2.31. The van der Waals surface area contributed by atoms with E-state index in [9.17, 15) is 9.59 Å². The molecule has 0 fully saturated rings. The number of ether oxygens (including phenoxy) is 1. The third-order valence-electron chi connectivity index (χ3n) is 3.24. The van der Waals surface area contributed by atoms with Crippen LogP contribution in [-0.2, 0) is 26.2 Å². The van der Waals surface area contributed by atoms with E-state index < -0.39 is 5.41 Å². The van der Waals surface area contributed by atoms with Crippen LogP contribution in [0.1, 0.15) is 44.7 Å². The van der Waals surface area contributed by atoms with E-state index in [1.54, 1.807) is 0 Å². The van der Waals surface area contributed by atoms with Crippen LogP contribution in [0.3, 0.4) is 0 Å². The van der Waals surface area contributed by atoms with Gasteiger partial charge < -0.3 is 9.53 Å². The van der Waals surface area contributed by atoms with E-state index in [2.05, 4.69) is 6.92 Å². The van der Waals surface area contributed by atoms with Crippen molar-refractivity contribution in [3.63, 3.8) is 0 Å². The lowest BCUT2D eigenvalue weighted by atomic mass is 9.84. The number of rotatable bonds is 7. The van der Waals surface area contributed by atoms with Gasteiger partial charge >= 0.3 is 5.97 Å². The molecule has 0 amide bonds. The average molecular weight is 262 g/mol. The molecular formula is C16H22O3. The predicted octanol–water partition coefficient (Wildman–Crippen LogP) is 3.05. The second-order valence-corrected chi connectivity index (χ2v) is 5.18. The van der Waals surface area contributed by atoms with Gasteiger partial charge in [0.2, 0.25) is 0 Å². The quantitative estimate of drug-likeness (QED) is 0.431. The highest BCUT2D eigenvalue weighted by atomic mass is 16.5. The molecule has 3 heteroatoms. The van der Waals surface area contributed by atoms with Crippen LogP contribution in [-0.4, -0.2) is 18.9 Å². The first-order valence-electron chi connectivity index (χ1n) is 6.72. The van der Waals surface area contributed by atoms with Crippen LogP contribution in [0.15, 0.2) is 24.3 Å². The SMILES string of the molecule is CCCCOC(=O)C(C)(C)c1ccc(CC=O)cc1. The molecule has 1 rings (SSSR count). The van der Waals surface area contributed by atoms with Gasteiger partial charge in [0, 0.05) is 6.42 Å². The molecule has 0 bridgehead atoms. The fourth-order valence-electron chi connectivity index (χ4n) is 1.76. The van der Waals surface area contributed by atoms with Crippen molar-refractivity contribution in [1.29, 1.82) is 0 Å². The van der Waals surface area contributed by atoms with Gasteiger partial charge in [0.05, 0.1) is 12.0 Å². The Hall–Kier alpha value is -1.64. The molecule has 0 aliphatic rings. The van der Waals surface area contributed by atoms with Crippen LogP contribution in [0, 0.1) is 0 Å². The van der Waals surface area contributed by atoms with Crippen molar-refractivity contribution in [3.05, 3.63) is 35.4 Å². The summed E-state index contributed by atoms with van der Waals surface area (Å²) in [5, 5.41) is 0. The van der Waals surface area contributed by atoms with Gasteiger partial charge in [-0.25, -0.2) is 0 Å². The molecule has 0 saturated carbocycles. The number of hydrogen-bond donors (Lipinski definition) is 0. The minimum atomic E-state index is -0.659. The minimum Gasteiger partial charge on any atom is -0.465 e. The van der Waals surface area contributed by atoms with Crippen molar-refractivity contribution in [2.75, 3.05) is 6.61 Å². The van der Waals surface area contributed by atoms with E-state index >= 15 is 0 Å². The van der Waals surface area contributed by atoms with Gasteiger partial charge in [-0.15, -0.1) is 0 Å². The van der Waals surface area contributed by atoms with Crippen LogP contribution in [0.25, 0.3) is 0 Å². The summed E-state index contributed by atoms with van der Waals surface area (Å²) in [5.41, 5.74) is 1.20. The molecule has 0 aliphatic heterocycles. The summed E-state index contributed by atoms with van der Waals surface area (Å²) in [4.78, 5) is 22.5. The van der Waals surface area contributed by atoms with E-state index in [-0.39, 0.29) is 5.97 Å². The third kappa shape index (κ3) is 4.19. The highest BCUT2D eigenvalue weighted by Crippen LogP contribution is 2.25. The molecule has 19 heavy (non-hydrogen) atoms. The smallest absolute Gasteiger partial charge is 0.315 e. The lowest BCUT2D eigenvalue weighted by molar-refractivity contribution is -0.149. The standard InChI is InChI=1S/C16H22O3/c1-4-5-12-19-15(18)16(2,3)14-8-6-13(7-9-14)10-11-17/h6-9,11H,4-5,10,12H2,1-3H3. The monoisotopic (exact) mass is 262 g/mol. The number of hydrogen-bond acceptors (Lipinski definition) is 3. The normalized spacial score (nSPS) is 11.1. The molecule has 104 valence electrons. The maximum Gasteiger partial charge on any atom is 0.315 e. The van der Waals surface area contributed by atoms with Gasteiger partial charge in [-0.1, -0.05) is 37.6 Å². The zero-order chi connectivity index (χ0) is 14.3. The topological polar surface area (TPSA) is 43.4 Å². The maximum absolute atomic E-state index is 12.1. The molecule has 0 heterocycles. The average Bonchev–Trinajstić information content (AvgIpc) is 2.40. The van der Waals surface area contributed by atoms with Crippen molar-refractivity contribution < 1.29 is 14.3 Å². The van der Waals surface area contributed by atoms with Crippen molar-refractivity contribution in [2.24, 2.45) is 0 Å². The van der Waals surface area contributed by atoms with Crippen LogP contribution < -0.4 is 0 Å². The molecule has 0 saturated heterocycles. The van der Waals surface area contributed by atoms with Gasteiger partial charge in [0.25, 0.3) is 0 Å². The van der Waals surface area contributed by atoms with Crippen LogP contribution >= 0.6 is 0 Å². The first-order chi connectivity index (χ1) is 9.02. The molecule has 0 aliphatic carbocycles. The maximum atomic E-state index is 12.1. The minimum absolute atomic E-state index is 0.205. The van der Waals surface area contributed by atoms with E-state index in [1.807, 2.05) is 38.1 Å². The summed E-state index contributed by atoms with van der Waals surface area (Å²) in [6.07, 6.45) is 3.18. The molecule has 0 unspecified atom stereocenters. The number of aldehydes is 1. The summed E-state index contributed by atoms with van der Waals surface area (Å²) < 4.78 is 5.28. The molecule has 3 nitrogen and oxygen atoms in total. The number of carbonyl (C=O) groups excluding carboxylic acids is 2. The summed E-state index contributed by atoms with van der Waals surface area (Å²) in [6, 6.07) is 7.54. The Kier molecular flexibility index (Phi) is 5.74. The van der Waals surface area contributed by atoms with Gasteiger partial charge in [-0.3, -0.25) is 4.79 Å². The number of carbonyl (C=O) groups is 2. The number of unbranched alkanes of at least 4 members (excludes halogenated alkanes) is 1. The van der Waals surface area contributed by atoms with Crippen LogP contribution in [0.2, 0.25) is 0 Å². The van der Waals surface area contributed by atoms with Crippen LogP contribution in [0.5, 0.6) is 0 Å². The Morgan fingerprint density at radius 3 is 2.42 bits per heavy atom. The molecule has 0 N–H and O–H groups in total. The van der Waals surface area contributed by atoms with Crippen molar-refractivity contribution >= 4 is 12.3 Å². The van der Waals surface area contributed by atoms with Crippen molar-refractivity contribution in [3.8, 4) is 0 Å². The molecular weight excluding hydrogens is 240 g/mol. The summed E-state index contributed by atoms with van der Waals surface area (Å²) in [7, 11) is 0. The van der Waals surface area contributed by atoms with E-state index in [0.717, 1.165) is 30.3 Å². The largest absolute Gasteiger partial charge is 0.465 e. The van der Waals surface area contributed by atoms with E-state index in [1.165, 1.54) is 0 Å². The molecule has 1 aromatic carbocycles. The van der Waals surface area contributed by atoms with Gasteiger partial charge in [0.1, 0.15) is 6.29 Å². The summed E-state index contributed by atoms with van der Waals surface area (Å²) >= 11 is 0. The Balaban J connectivity index is 2.74. The summed E-state index contributed by atoms with van der Waals surface area (Å²) in [5.74, 6) is -0.205. The predicted molar refractivity (Wildman–Crippen MR) is 75.1 cm³/mol. The van der Waals surface area contributed by atoms with Gasteiger partial charge in [-0.05, 0) is 31.4 Å². The first kappa shape index (κ1) is 15.4.